The molecule has 4 nitrogen and oxygen atoms in total. The van der Waals surface area contributed by atoms with E-state index in [9.17, 15) is 0 Å². The van der Waals surface area contributed by atoms with Crippen molar-refractivity contribution >= 4 is 0 Å². The second kappa shape index (κ2) is 6.06. The van der Waals surface area contributed by atoms with E-state index < -0.39 is 0 Å². The number of nitrogens with zero attached hydrogens (tertiary/aromatic N) is 2. The van der Waals surface area contributed by atoms with Gasteiger partial charge in [0.2, 0.25) is 0 Å². The second-order valence-corrected chi connectivity index (χ2v) is 6.72. The maximum Gasteiger partial charge on any atom is 0.0750 e. The molecular formula is C15H29N3O. The highest BCUT2D eigenvalue weighted by Gasteiger charge is 2.22. The number of nitrogens with one attached hydrogen (secondary N) is 1. The maximum atomic E-state index is 5.69. The van der Waals surface area contributed by atoms with Gasteiger partial charge in [-0.05, 0) is 20.8 Å². The quantitative estimate of drug-likeness (QED) is 0.861. The summed E-state index contributed by atoms with van der Waals surface area (Å²) in [6.45, 7) is 15.2. The van der Waals surface area contributed by atoms with Crippen molar-refractivity contribution < 1.29 is 4.74 Å². The van der Waals surface area contributed by atoms with E-state index in [-0.39, 0.29) is 11.0 Å². The van der Waals surface area contributed by atoms with Crippen LogP contribution in [-0.2, 0) is 23.7 Å². The number of aryl methyl sites for hydroxylation is 1. The average Bonchev–Trinajstić information content (AvgIpc) is 2.58. The summed E-state index contributed by atoms with van der Waals surface area (Å²) in [7, 11) is 1.98. The van der Waals surface area contributed by atoms with Crippen molar-refractivity contribution in [3.8, 4) is 0 Å². The van der Waals surface area contributed by atoms with Gasteiger partial charge in [0.1, 0.15) is 0 Å². The number of aromatic nitrogens is 2. The summed E-state index contributed by atoms with van der Waals surface area (Å²) in [6, 6.07) is 0. The Balaban J connectivity index is 2.64. The van der Waals surface area contributed by atoms with E-state index in [4.69, 9.17) is 4.74 Å². The Hall–Kier alpha value is -0.870. The van der Waals surface area contributed by atoms with Crippen LogP contribution in [0.25, 0.3) is 0 Å². The SMILES string of the molecule is CCOC(C)(C)CNCc1cn(C)nc1C(C)(C)C. The lowest BCUT2D eigenvalue weighted by Gasteiger charge is -2.25. The molecule has 19 heavy (non-hydrogen) atoms. The third-order valence-corrected chi connectivity index (χ3v) is 3.02. The topological polar surface area (TPSA) is 39.1 Å². The predicted octanol–water partition coefficient (Wildman–Crippen LogP) is 2.62. The first-order chi connectivity index (χ1) is 8.65. The molecule has 0 unspecified atom stereocenters. The minimum absolute atomic E-state index is 0.0771. The van der Waals surface area contributed by atoms with Crippen LogP contribution in [0.5, 0.6) is 0 Å². The molecule has 0 atom stereocenters. The van der Waals surface area contributed by atoms with E-state index in [1.807, 2.05) is 18.7 Å². The number of hydrogen-bond acceptors (Lipinski definition) is 3. The van der Waals surface area contributed by atoms with Gasteiger partial charge in [0.05, 0.1) is 11.3 Å². The van der Waals surface area contributed by atoms with Crippen molar-refractivity contribution in [3.05, 3.63) is 17.5 Å². The molecule has 1 aromatic heterocycles. The van der Waals surface area contributed by atoms with E-state index in [0.717, 1.165) is 25.4 Å². The molecule has 1 rings (SSSR count). The number of rotatable bonds is 6. The van der Waals surface area contributed by atoms with Gasteiger partial charge in [-0.2, -0.15) is 5.10 Å². The van der Waals surface area contributed by atoms with Crippen LogP contribution >= 0.6 is 0 Å². The van der Waals surface area contributed by atoms with Crippen LogP contribution in [0.4, 0.5) is 0 Å². The molecule has 1 aromatic rings. The first kappa shape index (κ1) is 16.2. The smallest absolute Gasteiger partial charge is 0.0750 e. The molecule has 0 aliphatic heterocycles. The van der Waals surface area contributed by atoms with Gasteiger partial charge in [0, 0.05) is 43.9 Å². The first-order valence-corrected chi connectivity index (χ1v) is 7.03. The van der Waals surface area contributed by atoms with Crippen molar-refractivity contribution in [1.82, 2.24) is 15.1 Å². The minimum atomic E-state index is -0.126. The molecule has 0 aromatic carbocycles. The third kappa shape index (κ3) is 4.96. The van der Waals surface area contributed by atoms with Gasteiger partial charge < -0.3 is 10.1 Å². The first-order valence-electron chi connectivity index (χ1n) is 7.03. The molecule has 0 amide bonds. The Morgan fingerprint density at radius 3 is 2.42 bits per heavy atom. The molecule has 0 aliphatic rings. The molecule has 0 radical (unpaired) electrons. The Bertz CT molecular complexity index is 402. The zero-order chi connectivity index (χ0) is 14.7. The van der Waals surface area contributed by atoms with E-state index in [1.165, 1.54) is 5.56 Å². The Labute approximate surface area is 117 Å². The highest BCUT2D eigenvalue weighted by atomic mass is 16.5. The van der Waals surface area contributed by atoms with Crippen molar-refractivity contribution in [1.29, 1.82) is 0 Å². The summed E-state index contributed by atoms with van der Waals surface area (Å²) in [5.74, 6) is 0. The molecule has 110 valence electrons. The standard InChI is InChI=1S/C15H29N3O/c1-8-19-15(5,6)11-16-9-12-10-18(7)17-13(12)14(2,3)4/h10,16H,8-9,11H2,1-7H3. The van der Waals surface area contributed by atoms with E-state index in [0.29, 0.717) is 0 Å². The molecule has 1 N–H and O–H groups in total. The fraction of sp³-hybridized carbons (Fsp3) is 0.800. The predicted molar refractivity (Wildman–Crippen MR) is 79.3 cm³/mol. The van der Waals surface area contributed by atoms with Gasteiger partial charge in [-0.3, -0.25) is 4.68 Å². The van der Waals surface area contributed by atoms with Crippen LogP contribution in [-0.4, -0.2) is 28.5 Å². The van der Waals surface area contributed by atoms with Crippen molar-refractivity contribution in [2.75, 3.05) is 13.2 Å². The molecule has 4 heteroatoms. The van der Waals surface area contributed by atoms with Crippen molar-refractivity contribution in [2.45, 2.75) is 59.1 Å². The van der Waals surface area contributed by atoms with Gasteiger partial charge >= 0.3 is 0 Å². The van der Waals surface area contributed by atoms with Crippen LogP contribution in [0.15, 0.2) is 6.20 Å². The lowest BCUT2D eigenvalue weighted by Crippen LogP contribution is -2.37. The second-order valence-electron chi connectivity index (χ2n) is 6.72. The van der Waals surface area contributed by atoms with Gasteiger partial charge in [-0.1, -0.05) is 20.8 Å². The van der Waals surface area contributed by atoms with Gasteiger partial charge in [-0.15, -0.1) is 0 Å². The molecule has 1 heterocycles. The average molecular weight is 267 g/mol. The molecule has 0 aliphatic carbocycles. The molecular weight excluding hydrogens is 238 g/mol. The molecule has 0 saturated carbocycles. The lowest BCUT2D eigenvalue weighted by atomic mass is 9.89. The summed E-state index contributed by atoms with van der Waals surface area (Å²) >= 11 is 0. The molecule has 0 bridgehead atoms. The molecule has 0 spiro atoms. The highest BCUT2D eigenvalue weighted by Crippen LogP contribution is 2.24. The van der Waals surface area contributed by atoms with Crippen LogP contribution in [0, 0.1) is 0 Å². The fourth-order valence-corrected chi connectivity index (χ4v) is 2.24. The Morgan fingerprint density at radius 2 is 1.89 bits per heavy atom. The fourth-order valence-electron chi connectivity index (χ4n) is 2.24. The van der Waals surface area contributed by atoms with Crippen molar-refractivity contribution in [3.63, 3.8) is 0 Å². The monoisotopic (exact) mass is 267 g/mol. The normalized spacial score (nSPS) is 13.0. The van der Waals surface area contributed by atoms with Gasteiger partial charge in [0.15, 0.2) is 0 Å². The number of ether oxygens (including phenoxy) is 1. The minimum Gasteiger partial charge on any atom is -0.375 e. The summed E-state index contributed by atoms with van der Waals surface area (Å²) in [5.41, 5.74) is 2.38. The summed E-state index contributed by atoms with van der Waals surface area (Å²) in [4.78, 5) is 0. The highest BCUT2D eigenvalue weighted by molar-refractivity contribution is 5.23. The Kier molecular flexibility index (Phi) is 5.16. The molecule has 0 fully saturated rings. The van der Waals surface area contributed by atoms with Crippen LogP contribution < -0.4 is 5.32 Å². The van der Waals surface area contributed by atoms with Gasteiger partial charge in [0.25, 0.3) is 0 Å². The van der Waals surface area contributed by atoms with Crippen molar-refractivity contribution in [2.24, 2.45) is 7.05 Å². The maximum absolute atomic E-state index is 5.69. The summed E-state index contributed by atoms with van der Waals surface area (Å²) in [5, 5.41) is 8.05. The van der Waals surface area contributed by atoms with E-state index >= 15 is 0 Å². The van der Waals surface area contributed by atoms with E-state index in [2.05, 4.69) is 51.2 Å². The zero-order valence-electron chi connectivity index (χ0n) is 13.5. The number of hydrogen-bond donors (Lipinski definition) is 1. The summed E-state index contributed by atoms with van der Waals surface area (Å²) < 4.78 is 7.58. The molecule has 0 saturated heterocycles. The largest absolute Gasteiger partial charge is 0.375 e. The van der Waals surface area contributed by atoms with Gasteiger partial charge in [-0.25, -0.2) is 0 Å². The van der Waals surface area contributed by atoms with Crippen LogP contribution in [0.1, 0.15) is 52.8 Å². The third-order valence-electron chi connectivity index (χ3n) is 3.02. The zero-order valence-corrected chi connectivity index (χ0v) is 13.5. The Morgan fingerprint density at radius 1 is 1.26 bits per heavy atom. The van der Waals surface area contributed by atoms with E-state index in [1.54, 1.807) is 0 Å². The van der Waals surface area contributed by atoms with Crippen LogP contribution in [0.3, 0.4) is 0 Å². The lowest BCUT2D eigenvalue weighted by molar-refractivity contribution is -0.00899. The summed E-state index contributed by atoms with van der Waals surface area (Å²) in [6.07, 6.45) is 2.10. The van der Waals surface area contributed by atoms with Crippen LogP contribution in [0.2, 0.25) is 0 Å².